The van der Waals surface area contributed by atoms with Crippen LogP contribution in [-0.4, -0.2) is 52.9 Å². The summed E-state index contributed by atoms with van der Waals surface area (Å²) in [5.74, 6) is 0. The second-order valence-corrected chi connectivity index (χ2v) is 7.52. The molecule has 0 amide bonds. The molecule has 10 heteroatoms. The van der Waals surface area contributed by atoms with Crippen LogP contribution >= 0.6 is 0 Å². The van der Waals surface area contributed by atoms with Gasteiger partial charge in [0.25, 0.3) is 5.69 Å². The number of ether oxygens (including phenoxy) is 2. The molecule has 0 aliphatic carbocycles. The Kier molecular flexibility index (Phi) is 7.12. The summed E-state index contributed by atoms with van der Waals surface area (Å²) in [4.78, 5) is 10.4. The van der Waals surface area contributed by atoms with E-state index >= 15 is 0 Å². The molecule has 0 unspecified atom stereocenters. The number of nitrogens with zero attached hydrogens (tertiary/aromatic N) is 1. The van der Waals surface area contributed by atoms with Crippen LogP contribution in [0.4, 0.5) is 11.4 Å². The zero-order valence-electron chi connectivity index (χ0n) is 14.1. The van der Waals surface area contributed by atoms with Crippen molar-refractivity contribution in [2.45, 2.75) is 30.3 Å². The SMILES string of the molecule is CNS(=O)(=O)c1ccc(NCCCOC[C@@H]2CCCO2)c([N+](=O)[O-])c1. The van der Waals surface area contributed by atoms with Gasteiger partial charge in [-0.25, -0.2) is 13.1 Å². The summed E-state index contributed by atoms with van der Waals surface area (Å²) in [6, 6.07) is 3.77. The van der Waals surface area contributed by atoms with Gasteiger partial charge in [-0.1, -0.05) is 0 Å². The lowest BCUT2D eigenvalue weighted by Crippen LogP contribution is -2.19. The lowest BCUT2D eigenvalue weighted by Gasteiger charge is -2.11. The summed E-state index contributed by atoms with van der Waals surface area (Å²) < 4.78 is 36.6. The maximum atomic E-state index is 11.7. The molecule has 0 radical (unpaired) electrons. The third-order valence-corrected chi connectivity index (χ3v) is 5.27. The molecule has 1 aliphatic heterocycles. The maximum Gasteiger partial charge on any atom is 0.293 e. The Balaban J connectivity index is 1.85. The van der Waals surface area contributed by atoms with Crippen LogP contribution in [0.25, 0.3) is 0 Å². The summed E-state index contributed by atoms with van der Waals surface area (Å²) in [5, 5.41) is 14.1. The summed E-state index contributed by atoms with van der Waals surface area (Å²) in [6.45, 7) is 2.35. The first-order valence-electron chi connectivity index (χ1n) is 8.09. The highest BCUT2D eigenvalue weighted by Gasteiger charge is 2.20. The van der Waals surface area contributed by atoms with Crippen LogP contribution in [-0.2, 0) is 19.5 Å². The van der Waals surface area contributed by atoms with Crippen LogP contribution < -0.4 is 10.0 Å². The number of rotatable bonds is 10. The fourth-order valence-electron chi connectivity index (χ4n) is 2.48. The molecule has 1 fully saturated rings. The Bertz CT molecular complexity index is 689. The van der Waals surface area contributed by atoms with Crippen molar-refractivity contribution in [3.8, 4) is 0 Å². The molecule has 0 spiro atoms. The summed E-state index contributed by atoms with van der Waals surface area (Å²) in [6.07, 6.45) is 2.93. The third kappa shape index (κ3) is 5.63. The molecule has 0 bridgehead atoms. The van der Waals surface area contributed by atoms with E-state index in [0.717, 1.165) is 25.5 Å². The summed E-state index contributed by atoms with van der Waals surface area (Å²) in [5.41, 5.74) is -0.00391. The molecule has 1 atom stereocenters. The fourth-order valence-corrected chi connectivity index (χ4v) is 3.23. The Morgan fingerprint density at radius 2 is 2.24 bits per heavy atom. The van der Waals surface area contributed by atoms with Crippen LogP contribution in [0.3, 0.4) is 0 Å². The van der Waals surface area contributed by atoms with Crippen molar-refractivity contribution in [1.82, 2.24) is 4.72 Å². The molecule has 25 heavy (non-hydrogen) atoms. The fraction of sp³-hybridized carbons (Fsp3) is 0.600. The summed E-state index contributed by atoms with van der Waals surface area (Å²) in [7, 11) is -2.47. The Morgan fingerprint density at radius 1 is 1.44 bits per heavy atom. The highest BCUT2D eigenvalue weighted by atomic mass is 32.2. The molecule has 2 rings (SSSR count). The number of hydrogen-bond donors (Lipinski definition) is 2. The molecule has 1 aromatic rings. The van der Waals surface area contributed by atoms with Gasteiger partial charge < -0.3 is 14.8 Å². The van der Waals surface area contributed by atoms with Gasteiger partial charge in [-0.15, -0.1) is 0 Å². The van der Waals surface area contributed by atoms with E-state index < -0.39 is 14.9 Å². The second-order valence-electron chi connectivity index (χ2n) is 5.63. The minimum atomic E-state index is -3.73. The first-order valence-corrected chi connectivity index (χ1v) is 9.57. The standard InChI is InChI=1S/C15H23N3O6S/c1-16-25(21,22)13-5-6-14(15(10-13)18(19)20)17-7-3-8-23-11-12-4-2-9-24-12/h5-6,10,12,16-17H,2-4,7-9,11H2,1H3/t12-/m0/s1. The molecule has 0 aromatic heterocycles. The predicted molar refractivity (Wildman–Crippen MR) is 92.2 cm³/mol. The van der Waals surface area contributed by atoms with Gasteiger partial charge in [-0.3, -0.25) is 10.1 Å². The monoisotopic (exact) mass is 373 g/mol. The van der Waals surface area contributed by atoms with Crippen LogP contribution in [0.15, 0.2) is 23.1 Å². The first kappa shape index (κ1) is 19.6. The van der Waals surface area contributed by atoms with Gasteiger partial charge in [0.2, 0.25) is 10.0 Å². The number of nitro benzene ring substituents is 1. The van der Waals surface area contributed by atoms with E-state index in [9.17, 15) is 18.5 Å². The van der Waals surface area contributed by atoms with Gasteiger partial charge in [0.1, 0.15) is 5.69 Å². The topological polar surface area (TPSA) is 120 Å². The highest BCUT2D eigenvalue weighted by molar-refractivity contribution is 7.89. The number of anilines is 1. The van der Waals surface area contributed by atoms with Gasteiger partial charge in [-0.2, -0.15) is 0 Å². The van der Waals surface area contributed by atoms with Gasteiger partial charge in [0.05, 0.1) is 22.5 Å². The lowest BCUT2D eigenvalue weighted by molar-refractivity contribution is -0.384. The lowest BCUT2D eigenvalue weighted by atomic mass is 10.2. The number of sulfonamides is 1. The molecule has 1 heterocycles. The zero-order valence-corrected chi connectivity index (χ0v) is 14.9. The van der Waals surface area contributed by atoms with Crippen LogP contribution in [0.1, 0.15) is 19.3 Å². The van der Waals surface area contributed by atoms with Gasteiger partial charge in [-0.05, 0) is 38.4 Å². The van der Waals surface area contributed by atoms with Crippen molar-refractivity contribution in [3.05, 3.63) is 28.3 Å². The number of hydrogen-bond acceptors (Lipinski definition) is 7. The molecule has 0 saturated carbocycles. The average Bonchev–Trinajstić information content (AvgIpc) is 3.11. The molecule has 140 valence electrons. The molecule has 1 saturated heterocycles. The van der Waals surface area contributed by atoms with E-state index in [1.54, 1.807) is 0 Å². The van der Waals surface area contributed by atoms with E-state index in [4.69, 9.17) is 9.47 Å². The minimum Gasteiger partial charge on any atom is -0.379 e. The van der Waals surface area contributed by atoms with Gasteiger partial charge in [0, 0.05) is 25.8 Å². The van der Waals surface area contributed by atoms with Crippen molar-refractivity contribution in [1.29, 1.82) is 0 Å². The van der Waals surface area contributed by atoms with Crippen molar-refractivity contribution in [2.75, 3.05) is 38.7 Å². The van der Waals surface area contributed by atoms with Crippen LogP contribution in [0.2, 0.25) is 0 Å². The second kappa shape index (κ2) is 9.09. The van der Waals surface area contributed by atoms with Crippen LogP contribution in [0, 0.1) is 10.1 Å². The number of nitro groups is 1. The zero-order chi connectivity index (χ0) is 18.3. The largest absolute Gasteiger partial charge is 0.379 e. The van der Waals surface area contributed by atoms with E-state index in [1.165, 1.54) is 19.2 Å². The third-order valence-electron chi connectivity index (χ3n) is 3.85. The number of benzene rings is 1. The van der Waals surface area contributed by atoms with E-state index in [-0.39, 0.29) is 22.4 Å². The van der Waals surface area contributed by atoms with Crippen molar-refractivity contribution >= 4 is 21.4 Å². The Hall–Kier alpha value is -1.75. The molecule has 2 N–H and O–H groups in total. The van der Waals surface area contributed by atoms with Crippen molar-refractivity contribution < 1.29 is 22.8 Å². The average molecular weight is 373 g/mol. The highest BCUT2D eigenvalue weighted by Crippen LogP contribution is 2.27. The predicted octanol–water partition coefficient (Wildman–Crippen LogP) is 1.50. The number of nitrogens with one attached hydrogen (secondary N) is 2. The summed E-state index contributed by atoms with van der Waals surface area (Å²) >= 11 is 0. The van der Waals surface area contributed by atoms with E-state index in [2.05, 4.69) is 10.0 Å². The molecule has 1 aliphatic rings. The van der Waals surface area contributed by atoms with E-state index in [0.29, 0.717) is 26.2 Å². The molecular formula is C15H23N3O6S. The Labute approximate surface area is 146 Å². The first-order chi connectivity index (χ1) is 11.9. The molecular weight excluding hydrogens is 350 g/mol. The van der Waals surface area contributed by atoms with Crippen molar-refractivity contribution in [2.24, 2.45) is 0 Å². The maximum absolute atomic E-state index is 11.7. The van der Waals surface area contributed by atoms with E-state index in [1.807, 2.05) is 0 Å². The van der Waals surface area contributed by atoms with Gasteiger partial charge >= 0.3 is 0 Å². The molecule has 1 aromatic carbocycles. The van der Waals surface area contributed by atoms with Crippen LogP contribution in [0.5, 0.6) is 0 Å². The normalized spacial score (nSPS) is 17.6. The quantitative estimate of drug-likeness (QED) is 0.362. The van der Waals surface area contributed by atoms with Gasteiger partial charge in [0.15, 0.2) is 0 Å². The van der Waals surface area contributed by atoms with Crippen molar-refractivity contribution in [3.63, 3.8) is 0 Å². The minimum absolute atomic E-state index is 0.146. The molecule has 9 nitrogen and oxygen atoms in total. The Morgan fingerprint density at radius 3 is 2.88 bits per heavy atom. The smallest absolute Gasteiger partial charge is 0.293 e.